The third-order valence-electron chi connectivity index (χ3n) is 5.45. The van der Waals surface area contributed by atoms with Gasteiger partial charge in [0.05, 0.1) is 6.54 Å². The van der Waals surface area contributed by atoms with Gasteiger partial charge in [0.25, 0.3) is 0 Å². The molecular weight excluding hydrogens is 361 g/mol. The molecule has 1 amide bonds. The van der Waals surface area contributed by atoms with Gasteiger partial charge in [0.15, 0.2) is 0 Å². The molecule has 2 fully saturated rings. The summed E-state index contributed by atoms with van der Waals surface area (Å²) in [5, 5.41) is 0. The van der Waals surface area contributed by atoms with E-state index in [9.17, 15) is 9.18 Å². The molecule has 2 aliphatic heterocycles. The lowest BCUT2D eigenvalue weighted by Crippen LogP contribution is -2.49. The number of hydrogen-bond acceptors (Lipinski definition) is 4. The smallest absolute Gasteiger partial charge is 0.236 e. The fourth-order valence-electron chi connectivity index (χ4n) is 3.82. The summed E-state index contributed by atoms with van der Waals surface area (Å²) >= 11 is 1.78. The molecule has 0 aliphatic carbocycles. The van der Waals surface area contributed by atoms with E-state index in [-0.39, 0.29) is 5.82 Å². The van der Waals surface area contributed by atoms with Crippen LogP contribution in [0.15, 0.2) is 36.4 Å². The van der Waals surface area contributed by atoms with Gasteiger partial charge >= 0.3 is 0 Å². The first-order valence-corrected chi connectivity index (χ1v) is 10.6. The summed E-state index contributed by atoms with van der Waals surface area (Å²) in [6, 6.07) is 11.0. The van der Waals surface area contributed by atoms with E-state index in [1.807, 2.05) is 17.0 Å². The van der Waals surface area contributed by atoms with E-state index >= 15 is 0 Å². The highest BCUT2D eigenvalue weighted by Gasteiger charge is 2.23. The first kappa shape index (κ1) is 18.6. The molecule has 144 valence electrons. The van der Waals surface area contributed by atoms with Crippen molar-refractivity contribution in [2.24, 2.45) is 0 Å². The lowest BCUT2D eigenvalue weighted by atomic mass is 10.2. The molecule has 2 aromatic rings. The number of carbonyl (C=O) groups excluding carboxylic acids is 1. The Hall–Kier alpha value is -1.76. The van der Waals surface area contributed by atoms with Crippen LogP contribution in [-0.4, -0.2) is 66.4 Å². The van der Waals surface area contributed by atoms with Crippen LogP contribution in [0, 0.1) is 5.82 Å². The van der Waals surface area contributed by atoms with E-state index in [1.54, 1.807) is 11.3 Å². The van der Waals surface area contributed by atoms with E-state index in [0.717, 1.165) is 64.2 Å². The molecule has 4 rings (SSSR count). The number of benzene rings is 1. The van der Waals surface area contributed by atoms with Crippen molar-refractivity contribution in [1.29, 1.82) is 0 Å². The number of hydrogen-bond donors (Lipinski definition) is 0. The minimum Gasteiger partial charge on any atom is -0.342 e. The topological polar surface area (TPSA) is 26.8 Å². The van der Waals surface area contributed by atoms with E-state index in [2.05, 4.69) is 21.9 Å². The summed E-state index contributed by atoms with van der Waals surface area (Å²) in [4.78, 5) is 21.6. The van der Waals surface area contributed by atoms with Gasteiger partial charge in [0.1, 0.15) is 5.82 Å². The average molecular weight is 388 g/mol. The van der Waals surface area contributed by atoms with E-state index < -0.39 is 0 Å². The first-order chi connectivity index (χ1) is 13.2. The van der Waals surface area contributed by atoms with Crippen LogP contribution in [0.3, 0.4) is 0 Å². The number of rotatable bonds is 5. The molecular formula is C21H26FN3OS. The highest BCUT2D eigenvalue weighted by Crippen LogP contribution is 2.29. The van der Waals surface area contributed by atoms with Gasteiger partial charge in [-0.2, -0.15) is 0 Å². The van der Waals surface area contributed by atoms with E-state index in [0.29, 0.717) is 12.5 Å². The van der Waals surface area contributed by atoms with Crippen LogP contribution < -0.4 is 0 Å². The largest absolute Gasteiger partial charge is 0.342 e. The van der Waals surface area contributed by atoms with Gasteiger partial charge in [-0.1, -0.05) is 12.1 Å². The Bertz CT molecular complexity index is 762. The molecule has 0 spiro atoms. The van der Waals surface area contributed by atoms with Crippen molar-refractivity contribution < 1.29 is 9.18 Å². The fourth-order valence-corrected chi connectivity index (χ4v) is 4.87. The molecule has 27 heavy (non-hydrogen) atoms. The van der Waals surface area contributed by atoms with Crippen LogP contribution >= 0.6 is 11.3 Å². The van der Waals surface area contributed by atoms with E-state index in [4.69, 9.17) is 0 Å². The molecule has 0 bridgehead atoms. The highest BCUT2D eigenvalue weighted by atomic mass is 32.1. The summed E-state index contributed by atoms with van der Waals surface area (Å²) < 4.78 is 13.1. The van der Waals surface area contributed by atoms with Crippen LogP contribution in [0.25, 0.3) is 10.4 Å². The second kappa shape index (κ2) is 8.50. The highest BCUT2D eigenvalue weighted by molar-refractivity contribution is 7.15. The summed E-state index contributed by atoms with van der Waals surface area (Å²) in [6.45, 7) is 7.29. The van der Waals surface area contributed by atoms with Crippen LogP contribution in [-0.2, 0) is 11.3 Å². The third kappa shape index (κ3) is 4.75. The number of amides is 1. The maximum absolute atomic E-state index is 13.1. The van der Waals surface area contributed by atoms with E-state index in [1.165, 1.54) is 21.9 Å². The average Bonchev–Trinajstić information content (AvgIpc) is 3.36. The monoisotopic (exact) mass is 387 g/mol. The molecule has 6 heteroatoms. The SMILES string of the molecule is O=C(CN1CCN(Cc2ccc(-c3ccc(F)cc3)s2)CC1)N1CCCC1. The summed E-state index contributed by atoms with van der Waals surface area (Å²) in [5.41, 5.74) is 1.07. The Morgan fingerprint density at radius 2 is 1.56 bits per heavy atom. The summed E-state index contributed by atoms with van der Waals surface area (Å²) in [5.74, 6) is 0.0970. The first-order valence-electron chi connectivity index (χ1n) is 9.74. The van der Waals surface area contributed by atoms with Gasteiger partial charge in [-0.05, 0) is 42.7 Å². The number of thiophene rings is 1. The lowest BCUT2D eigenvalue weighted by molar-refractivity contribution is -0.131. The quantitative estimate of drug-likeness (QED) is 0.788. The van der Waals surface area contributed by atoms with Crippen LogP contribution in [0.2, 0.25) is 0 Å². The predicted octanol–water partition coefficient (Wildman–Crippen LogP) is 3.29. The molecule has 0 atom stereocenters. The molecule has 4 nitrogen and oxygen atoms in total. The van der Waals surface area contributed by atoms with Gasteiger partial charge < -0.3 is 4.90 Å². The van der Waals surface area contributed by atoms with Gasteiger partial charge in [0.2, 0.25) is 5.91 Å². The molecule has 3 heterocycles. The standard InChI is InChI=1S/C21H26FN3OS/c22-18-5-3-17(4-6-18)20-8-7-19(27-20)15-23-11-13-24(14-12-23)16-21(26)25-9-1-2-10-25/h3-8H,1-2,9-16H2. The Morgan fingerprint density at radius 1 is 0.889 bits per heavy atom. The predicted molar refractivity (Wildman–Crippen MR) is 107 cm³/mol. The number of carbonyl (C=O) groups is 1. The molecule has 0 saturated carbocycles. The van der Waals surface area contributed by atoms with Gasteiger partial charge in [-0.3, -0.25) is 14.6 Å². The number of halogens is 1. The lowest BCUT2D eigenvalue weighted by Gasteiger charge is -2.34. The normalized spacial score (nSPS) is 18.9. The minimum atomic E-state index is -0.198. The van der Waals surface area contributed by atoms with Crippen LogP contribution in [0.5, 0.6) is 0 Å². The van der Waals surface area contributed by atoms with Gasteiger partial charge in [-0.15, -0.1) is 11.3 Å². The van der Waals surface area contributed by atoms with Crippen molar-refractivity contribution in [2.75, 3.05) is 45.8 Å². The van der Waals surface area contributed by atoms with Crippen LogP contribution in [0.1, 0.15) is 17.7 Å². The van der Waals surface area contributed by atoms with Crippen molar-refractivity contribution in [1.82, 2.24) is 14.7 Å². The van der Waals surface area contributed by atoms with Crippen molar-refractivity contribution in [2.45, 2.75) is 19.4 Å². The fraction of sp³-hybridized carbons (Fsp3) is 0.476. The number of nitrogens with zero attached hydrogens (tertiary/aromatic N) is 3. The molecule has 2 saturated heterocycles. The third-order valence-corrected chi connectivity index (χ3v) is 6.57. The number of piperazine rings is 1. The van der Waals surface area contributed by atoms with Crippen molar-refractivity contribution >= 4 is 17.2 Å². The second-order valence-corrected chi connectivity index (χ2v) is 8.58. The zero-order chi connectivity index (χ0) is 18.6. The molecule has 1 aromatic carbocycles. The zero-order valence-corrected chi connectivity index (χ0v) is 16.4. The molecule has 0 N–H and O–H groups in total. The molecule has 0 radical (unpaired) electrons. The van der Waals surface area contributed by atoms with Crippen molar-refractivity contribution in [3.8, 4) is 10.4 Å². The second-order valence-electron chi connectivity index (χ2n) is 7.41. The Labute approximate surface area is 164 Å². The Kier molecular flexibility index (Phi) is 5.86. The zero-order valence-electron chi connectivity index (χ0n) is 15.6. The maximum atomic E-state index is 13.1. The molecule has 0 unspecified atom stereocenters. The van der Waals surface area contributed by atoms with Crippen LogP contribution in [0.4, 0.5) is 4.39 Å². The summed E-state index contributed by atoms with van der Waals surface area (Å²) in [7, 11) is 0. The van der Waals surface area contributed by atoms with Gasteiger partial charge in [-0.25, -0.2) is 4.39 Å². The summed E-state index contributed by atoms with van der Waals surface area (Å²) in [6.07, 6.45) is 2.31. The molecule has 1 aromatic heterocycles. The maximum Gasteiger partial charge on any atom is 0.236 e. The van der Waals surface area contributed by atoms with Crippen molar-refractivity contribution in [3.05, 3.63) is 47.1 Å². The Balaban J connectivity index is 1.26. The Morgan fingerprint density at radius 3 is 2.26 bits per heavy atom. The minimum absolute atomic E-state index is 0.198. The number of likely N-dealkylation sites (tertiary alicyclic amines) is 1. The van der Waals surface area contributed by atoms with Gasteiger partial charge in [0, 0.05) is 55.6 Å². The van der Waals surface area contributed by atoms with Crippen molar-refractivity contribution in [3.63, 3.8) is 0 Å². The molecule has 2 aliphatic rings.